The third kappa shape index (κ3) is 1.88. The molecule has 1 aromatic heterocycles. The monoisotopic (exact) mass is 268 g/mol. The summed E-state index contributed by atoms with van der Waals surface area (Å²) < 4.78 is 16.0. The zero-order chi connectivity index (χ0) is 13.4. The van der Waals surface area contributed by atoms with Crippen LogP contribution in [0.2, 0.25) is 0 Å². The first-order valence-electron chi connectivity index (χ1n) is 5.93. The summed E-state index contributed by atoms with van der Waals surface area (Å²) in [5.74, 6) is -0.380. The molecule has 0 saturated carbocycles. The van der Waals surface area contributed by atoms with Crippen molar-refractivity contribution in [2.75, 3.05) is 0 Å². The van der Waals surface area contributed by atoms with E-state index < -0.39 is 0 Å². The van der Waals surface area contributed by atoms with Crippen molar-refractivity contribution in [3.05, 3.63) is 38.6 Å². The predicted molar refractivity (Wildman–Crippen MR) is 75.2 cm³/mol. The summed E-state index contributed by atoms with van der Waals surface area (Å²) in [6, 6.07) is 3.43. The Morgan fingerprint density at radius 3 is 2.72 bits per heavy atom. The number of halogens is 1. The van der Waals surface area contributed by atoms with E-state index in [0.29, 0.717) is 22.0 Å². The Kier molecular flexibility index (Phi) is 3.34. The zero-order valence-electron chi connectivity index (χ0n) is 10.6. The number of H-pyrrole nitrogens is 1. The molecule has 2 rings (SSSR count). The molecule has 3 nitrogen and oxygen atoms in total. The van der Waals surface area contributed by atoms with Crippen LogP contribution < -0.4 is 5.69 Å². The van der Waals surface area contributed by atoms with Crippen molar-refractivity contribution in [2.45, 2.75) is 33.2 Å². The Balaban J connectivity index is 0.00000180. The molecule has 0 saturated heterocycles. The molecule has 18 heavy (non-hydrogen) atoms. The van der Waals surface area contributed by atoms with Gasteiger partial charge in [-0.15, -0.1) is 0 Å². The van der Waals surface area contributed by atoms with Gasteiger partial charge in [-0.1, -0.05) is 25.2 Å². The number of hydrogen-bond donors (Lipinski definition) is 1. The van der Waals surface area contributed by atoms with Crippen LogP contribution in [0.5, 0.6) is 0 Å². The van der Waals surface area contributed by atoms with Crippen molar-refractivity contribution < 1.29 is 5.82 Å². The highest BCUT2D eigenvalue weighted by atomic mass is 32.1. The Labute approximate surface area is 111 Å². The highest BCUT2D eigenvalue weighted by Gasteiger charge is 2.12. The molecule has 0 unspecified atom stereocenters. The Morgan fingerprint density at radius 2 is 2.17 bits per heavy atom. The molecule has 1 heterocycles. The molecule has 0 amide bonds. The summed E-state index contributed by atoms with van der Waals surface area (Å²) in [7, 11) is 0. The van der Waals surface area contributed by atoms with E-state index in [1.54, 1.807) is 12.1 Å². The lowest BCUT2D eigenvalue weighted by Crippen LogP contribution is -2.25. The van der Waals surface area contributed by atoms with E-state index in [9.17, 15) is 9.18 Å². The van der Waals surface area contributed by atoms with E-state index >= 15 is 0 Å². The average molecular weight is 268 g/mol. The molecule has 1 N–H and O–H groups in total. The van der Waals surface area contributed by atoms with Gasteiger partial charge in [0.1, 0.15) is 4.64 Å². The predicted octanol–water partition coefficient (Wildman–Crippen LogP) is 3.59. The normalized spacial score (nSPS) is 11.4. The second kappa shape index (κ2) is 4.65. The molecular formula is C13H17FN2OS. The number of nitrogens with one attached hydrogen (secondary N) is 1. The molecule has 98 valence electrons. The Bertz CT molecular complexity index is 721. The van der Waals surface area contributed by atoms with Gasteiger partial charge in [0.25, 0.3) is 0 Å². The van der Waals surface area contributed by atoms with Crippen molar-refractivity contribution in [1.29, 1.82) is 0 Å². The minimum Gasteiger partial charge on any atom is -0.304 e. The van der Waals surface area contributed by atoms with Crippen LogP contribution in [0, 0.1) is 10.5 Å². The van der Waals surface area contributed by atoms with Crippen LogP contribution in [0.1, 0.15) is 33.8 Å². The molecule has 0 spiro atoms. The largest absolute Gasteiger partial charge is 0.327 e. The fourth-order valence-corrected chi connectivity index (χ4v) is 2.51. The number of rotatable bonds is 2. The van der Waals surface area contributed by atoms with Gasteiger partial charge in [0.2, 0.25) is 0 Å². The number of aryl methyl sites for hydroxylation is 1. The average Bonchev–Trinajstić information content (AvgIpc) is 2.30. The number of nitrogens with zero attached hydrogens (tertiary/aromatic N) is 1. The molecule has 0 aliphatic carbocycles. The maximum Gasteiger partial charge on any atom is 0.327 e. The molecule has 0 fully saturated rings. The van der Waals surface area contributed by atoms with Crippen molar-refractivity contribution in [1.82, 2.24) is 9.55 Å². The van der Waals surface area contributed by atoms with E-state index in [1.807, 2.05) is 20.8 Å². The fraction of sp³-hybridized carbons (Fsp3) is 0.385. The quantitative estimate of drug-likeness (QED) is 0.845. The smallest absolute Gasteiger partial charge is 0.304 e. The summed E-state index contributed by atoms with van der Waals surface area (Å²) in [6.07, 6.45) is 0.579. The zero-order valence-corrected chi connectivity index (χ0v) is 11.4. The van der Waals surface area contributed by atoms with E-state index in [4.69, 9.17) is 12.2 Å². The summed E-state index contributed by atoms with van der Waals surface area (Å²) >= 11 is 5.27. The standard InChI is InChI=1S/C13H15FN2OS.H2/c1-4-8-5-6-9-11(10(8)14)15-13(17)16(7(2)3)12(9)18;/h5-7H,4H2,1-3H3,(H,15,17);1H. The van der Waals surface area contributed by atoms with Gasteiger partial charge in [0.15, 0.2) is 5.82 Å². The number of benzene rings is 1. The van der Waals surface area contributed by atoms with Crippen LogP contribution in [-0.2, 0) is 6.42 Å². The first kappa shape index (κ1) is 13.0. The highest BCUT2D eigenvalue weighted by Crippen LogP contribution is 2.20. The lowest BCUT2D eigenvalue weighted by molar-refractivity contribution is 0.558. The molecule has 5 heteroatoms. The van der Waals surface area contributed by atoms with Crippen LogP contribution in [0.15, 0.2) is 16.9 Å². The van der Waals surface area contributed by atoms with Crippen LogP contribution in [0.3, 0.4) is 0 Å². The summed E-state index contributed by atoms with van der Waals surface area (Å²) in [5, 5.41) is 0.577. The third-order valence-electron chi connectivity index (χ3n) is 3.02. The molecule has 1 aromatic carbocycles. The molecule has 0 aliphatic rings. The van der Waals surface area contributed by atoms with E-state index in [1.165, 1.54) is 4.57 Å². The number of aromatic nitrogens is 2. The summed E-state index contributed by atoms with van der Waals surface area (Å²) in [5.41, 5.74) is 0.422. The van der Waals surface area contributed by atoms with Gasteiger partial charge in [-0.05, 0) is 31.9 Å². The van der Waals surface area contributed by atoms with E-state index in [0.717, 1.165) is 0 Å². The van der Waals surface area contributed by atoms with Gasteiger partial charge in [-0.25, -0.2) is 9.18 Å². The number of fused-ring (bicyclic) bond motifs is 1. The SMILES string of the molecule is CCc1ccc2c(=S)n(C(C)C)c(=O)[nH]c2c1F.[HH]. The molecule has 0 atom stereocenters. The fourth-order valence-electron chi connectivity index (χ4n) is 2.05. The molecular weight excluding hydrogens is 251 g/mol. The maximum atomic E-state index is 14.1. The number of hydrogen-bond acceptors (Lipinski definition) is 2. The van der Waals surface area contributed by atoms with Crippen molar-refractivity contribution >= 4 is 23.1 Å². The first-order chi connectivity index (χ1) is 8.47. The molecule has 0 radical (unpaired) electrons. The minimum atomic E-state index is -0.380. The first-order valence-corrected chi connectivity index (χ1v) is 6.34. The van der Waals surface area contributed by atoms with Gasteiger partial charge < -0.3 is 4.98 Å². The van der Waals surface area contributed by atoms with Crippen LogP contribution >= 0.6 is 12.2 Å². The molecule has 0 aliphatic heterocycles. The third-order valence-corrected chi connectivity index (χ3v) is 3.44. The van der Waals surface area contributed by atoms with Crippen molar-refractivity contribution in [2.24, 2.45) is 0 Å². The Morgan fingerprint density at radius 1 is 1.50 bits per heavy atom. The number of aromatic amines is 1. The summed E-state index contributed by atoms with van der Waals surface area (Å²) in [6.45, 7) is 5.61. The lowest BCUT2D eigenvalue weighted by Gasteiger charge is -2.12. The van der Waals surface area contributed by atoms with E-state index in [2.05, 4.69) is 4.98 Å². The Hall–Kier alpha value is -1.49. The molecule has 2 aromatic rings. The highest BCUT2D eigenvalue weighted by molar-refractivity contribution is 7.71. The van der Waals surface area contributed by atoms with Gasteiger partial charge >= 0.3 is 5.69 Å². The van der Waals surface area contributed by atoms with Gasteiger partial charge in [0.05, 0.1) is 5.52 Å². The van der Waals surface area contributed by atoms with E-state index in [-0.39, 0.29) is 24.5 Å². The van der Waals surface area contributed by atoms with Gasteiger partial charge in [-0.2, -0.15) is 0 Å². The second-order valence-corrected chi connectivity index (χ2v) is 4.90. The summed E-state index contributed by atoms with van der Waals surface area (Å²) in [4.78, 5) is 14.5. The topological polar surface area (TPSA) is 37.8 Å². The molecule has 0 bridgehead atoms. The minimum absolute atomic E-state index is 0. The van der Waals surface area contributed by atoms with Gasteiger partial charge in [0, 0.05) is 12.9 Å². The van der Waals surface area contributed by atoms with Gasteiger partial charge in [-0.3, -0.25) is 4.57 Å². The maximum absolute atomic E-state index is 14.1. The van der Waals surface area contributed by atoms with Crippen LogP contribution in [-0.4, -0.2) is 9.55 Å². The lowest BCUT2D eigenvalue weighted by atomic mass is 10.1. The van der Waals surface area contributed by atoms with Crippen molar-refractivity contribution in [3.63, 3.8) is 0 Å². The van der Waals surface area contributed by atoms with Crippen LogP contribution in [0.25, 0.3) is 10.9 Å². The second-order valence-electron chi connectivity index (χ2n) is 4.51. The van der Waals surface area contributed by atoms with Crippen LogP contribution in [0.4, 0.5) is 4.39 Å². The van der Waals surface area contributed by atoms with Crippen molar-refractivity contribution in [3.8, 4) is 0 Å².